The van der Waals surface area contributed by atoms with Crippen molar-refractivity contribution in [2.75, 3.05) is 10.2 Å². The second-order valence-electron chi connectivity index (χ2n) is 5.37. The van der Waals surface area contributed by atoms with E-state index in [2.05, 4.69) is 5.32 Å². The van der Waals surface area contributed by atoms with Crippen molar-refractivity contribution in [1.29, 1.82) is 0 Å². The van der Waals surface area contributed by atoms with Gasteiger partial charge in [-0.1, -0.05) is 18.2 Å². The Hall–Kier alpha value is -2.83. The molecular weight excluding hydrogens is 321 g/mol. The quantitative estimate of drug-likeness (QED) is 0.876. The first kappa shape index (κ1) is 16.0. The molecule has 1 heterocycles. The summed E-state index contributed by atoms with van der Waals surface area (Å²) in [4.78, 5) is 25.8. The van der Waals surface area contributed by atoms with Crippen molar-refractivity contribution in [2.45, 2.75) is 18.9 Å². The Balaban J connectivity index is 1.84. The number of halogens is 3. The summed E-state index contributed by atoms with van der Waals surface area (Å²) in [5.74, 6) is -5.36. The van der Waals surface area contributed by atoms with Crippen LogP contribution in [0.1, 0.15) is 12.8 Å². The molecule has 1 atom stereocenters. The summed E-state index contributed by atoms with van der Waals surface area (Å²) in [5.41, 5.74) is 0.0807. The highest BCUT2D eigenvalue weighted by molar-refractivity contribution is 6.07. The highest BCUT2D eigenvalue weighted by Gasteiger charge is 2.37. The lowest BCUT2D eigenvalue weighted by Crippen LogP contribution is -2.41. The van der Waals surface area contributed by atoms with Gasteiger partial charge in [0.25, 0.3) is 0 Å². The monoisotopic (exact) mass is 334 g/mol. The van der Waals surface area contributed by atoms with Crippen LogP contribution in [0.5, 0.6) is 0 Å². The molecule has 1 saturated heterocycles. The van der Waals surface area contributed by atoms with Crippen molar-refractivity contribution in [3.05, 3.63) is 59.9 Å². The molecule has 24 heavy (non-hydrogen) atoms. The van der Waals surface area contributed by atoms with Crippen LogP contribution in [0.2, 0.25) is 0 Å². The zero-order chi connectivity index (χ0) is 17.3. The predicted molar refractivity (Wildman–Crippen MR) is 81.9 cm³/mol. The lowest BCUT2D eigenvalue weighted by Gasteiger charge is -2.24. The van der Waals surface area contributed by atoms with Gasteiger partial charge in [-0.15, -0.1) is 0 Å². The molecule has 0 saturated carbocycles. The van der Waals surface area contributed by atoms with Crippen LogP contribution in [0, 0.1) is 17.5 Å². The number of rotatable bonds is 3. The highest BCUT2D eigenvalue weighted by Crippen LogP contribution is 2.28. The number of hydrogen-bond donors (Lipinski definition) is 1. The fourth-order valence-electron chi connectivity index (χ4n) is 2.68. The van der Waals surface area contributed by atoms with Gasteiger partial charge in [0.1, 0.15) is 6.04 Å². The van der Waals surface area contributed by atoms with E-state index in [-0.39, 0.29) is 18.7 Å². The van der Waals surface area contributed by atoms with Crippen molar-refractivity contribution >= 4 is 23.2 Å². The molecule has 0 bridgehead atoms. The maximum atomic E-state index is 13.7. The minimum Gasteiger partial charge on any atom is -0.322 e. The fraction of sp³-hybridized carbons (Fsp3) is 0.176. The van der Waals surface area contributed by atoms with E-state index in [1.807, 2.05) is 0 Å². The van der Waals surface area contributed by atoms with Crippen LogP contribution in [0.4, 0.5) is 24.5 Å². The third-order valence-electron chi connectivity index (χ3n) is 3.84. The largest absolute Gasteiger partial charge is 0.322 e. The van der Waals surface area contributed by atoms with Crippen molar-refractivity contribution in [2.24, 2.45) is 0 Å². The second kappa shape index (κ2) is 6.35. The van der Waals surface area contributed by atoms with E-state index in [1.165, 1.54) is 4.90 Å². The molecule has 0 aliphatic carbocycles. The standard InChI is InChI=1S/C17H13F3N2O2/c18-11-6-7-12(16(20)15(11)19)21-17(24)13-8-9-14(23)22(13)10-4-2-1-3-5-10/h1-7,13H,8-9H2,(H,21,24). The molecule has 1 fully saturated rings. The van der Waals surface area contributed by atoms with Gasteiger partial charge < -0.3 is 5.32 Å². The first-order valence-electron chi connectivity index (χ1n) is 7.30. The minimum absolute atomic E-state index is 0.174. The molecule has 1 N–H and O–H groups in total. The Morgan fingerprint density at radius 1 is 1.04 bits per heavy atom. The zero-order valence-electron chi connectivity index (χ0n) is 12.4. The maximum Gasteiger partial charge on any atom is 0.247 e. The topological polar surface area (TPSA) is 49.4 Å². The molecule has 2 aromatic rings. The van der Waals surface area contributed by atoms with Gasteiger partial charge in [-0.05, 0) is 30.7 Å². The van der Waals surface area contributed by atoms with Gasteiger partial charge in [0.2, 0.25) is 11.8 Å². The summed E-state index contributed by atoms with van der Waals surface area (Å²) in [6.07, 6.45) is 0.429. The Bertz CT molecular complexity index is 796. The number of carbonyl (C=O) groups is 2. The van der Waals surface area contributed by atoms with Gasteiger partial charge in [0.05, 0.1) is 5.69 Å². The Labute approximate surface area is 135 Å². The van der Waals surface area contributed by atoms with E-state index in [9.17, 15) is 22.8 Å². The van der Waals surface area contributed by atoms with Gasteiger partial charge in [0.15, 0.2) is 17.5 Å². The second-order valence-corrected chi connectivity index (χ2v) is 5.37. The molecule has 2 aromatic carbocycles. The van der Waals surface area contributed by atoms with Crippen LogP contribution >= 0.6 is 0 Å². The van der Waals surface area contributed by atoms with Gasteiger partial charge in [-0.25, -0.2) is 13.2 Å². The van der Waals surface area contributed by atoms with Gasteiger partial charge >= 0.3 is 0 Å². The zero-order valence-corrected chi connectivity index (χ0v) is 12.4. The summed E-state index contributed by atoms with van der Waals surface area (Å²) in [6, 6.07) is 9.42. The third-order valence-corrected chi connectivity index (χ3v) is 3.84. The first-order valence-corrected chi connectivity index (χ1v) is 7.30. The molecule has 1 unspecified atom stereocenters. The van der Waals surface area contributed by atoms with Crippen molar-refractivity contribution < 1.29 is 22.8 Å². The van der Waals surface area contributed by atoms with E-state index in [0.717, 1.165) is 12.1 Å². The van der Waals surface area contributed by atoms with Crippen LogP contribution in [0.25, 0.3) is 0 Å². The Morgan fingerprint density at radius 3 is 2.46 bits per heavy atom. The molecular formula is C17H13F3N2O2. The lowest BCUT2D eigenvalue weighted by atomic mass is 10.1. The highest BCUT2D eigenvalue weighted by atomic mass is 19.2. The summed E-state index contributed by atoms with van der Waals surface area (Å²) in [6.45, 7) is 0. The molecule has 1 aliphatic rings. The first-order chi connectivity index (χ1) is 11.5. The van der Waals surface area contributed by atoms with Gasteiger partial charge in [0, 0.05) is 12.1 Å². The Morgan fingerprint density at radius 2 is 1.75 bits per heavy atom. The van der Waals surface area contributed by atoms with Gasteiger partial charge in [-0.3, -0.25) is 14.5 Å². The molecule has 3 rings (SSSR count). The molecule has 4 nitrogen and oxygen atoms in total. The molecule has 1 aliphatic heterocycles. The number of carbonyl (C=O) groups excluding carboxylic acids is 2. The van der Waals surface area contributed by atoms with Crippen LogP contribution in [-0.2, 0) is 9.59 Å². The van der Waals surface area contributed by atoms with Crippen molar-refractivity contribution in [1.82, 2.24) is 0 Å². The summed E-state index contributed by atoms with van der Waals surface area (Å²) in [7, 11) is 0. The normalized spacial score (nSPS) is 17.2. The van der Waals surface area contributed by atoms with Crippen LogP contribution in [0.3, 0.4) is 0 Å². The number of anilines is 2. The van der Waals surface area contributed by atoms with E-state index in [4.69, 9.17) is 0 Å². The number of nitrogens with one attached hydrogen (secondary N) is 1. The van der Waals surface area contributed by atoms with Crippen molar-refractivity contribution in [3.8, 4) is 0 Å². The number of hydrogen-bond acceptors (Lipinski definition) is 2. The van der Waals surface area contributed by atoms with Crippen molar-refractivity contribution in [3.63, 3.8) is 0 Å². The predicted octanol–water partition coefficient (Wildman–Crippen LogP) is 3.24. The Kier molecular flexibility index (Phi) is 4.24. The molecule has 0 aromatic heterocycles. The van der Waals surface area contributed by atoms with E-state index in [0.29, 0.717) is 5.69 Å². The lowest BCUT2D eigenvalue weighted by molar-refractivity contribution is -0.120. The number of nitrogens with zero attached hydrogens (tertiary/aromatic N) is 1. The fourth-order valence-corrected chi connectivity index (χ4v) is 2.68. The average Bonchev–Trinajstić information content (AvgIpc) is 2.98. The number of para-hydroxylation sites is 1. The summed E-state index contributed by atoms with van der Waals surface area (Å²) >= 11 is 0. The van der Waals surface area contributed by atoms with Crippen LogP contribution in [-0.4, -0.2) is 17.9 Å². The van der Waals surface area contributed by atoms with E-state index < -0.39 is 35.1 Å². The van der Waals surface area contributed by atoms with Crippen LogP contribution in [0.15, 0.2) is 42.5 Å². The number of benzene rings is 2. The summed E-state index contributed by atoms with van der Waals surface area (Å²) in [5, 5.41) is 2.23. The molecule has 0 spiro atoms. The molecule has 7 heteroatoms. The van der Waals surface area contributed by atoms with E-state index >= 15 is 0 Å². The average molecular weight is 334 g/mol. The maximum absolute atomic E-state index is 13.7. The molecule has 0 radical (unpaired) electrons. The minimum atomic E-state index is -1.66. The molecule has 124 valence electrons. The SMILES string of the molecule is O=C(Nc1ccc(F)c(F)c1F)C1CCC(=O)N1c1ccccc1. The smallest absolute Gasteiger partial charge is 0.247 e. The molecule has 2 amide bonds. The van der Waals surface area contributed by atoms with Gasteiger partial charge in [-0.2, -0.15) is 0 Å². The number of amides is 2. The van der Waals surface area contributed by atoms with E-state index in [1.54, 1.807) is 30.3 Å². The summed E-state index contributed by atoms with van der Waals surface area (Å²) < 4.78 is 39.9. The third kappa shape index (κ3) is 2.84. The van der Waals surface area contributed by atoms with Crippen LogP contribution < -0.4 is 10.2 Å².